The van der Waals surface area contributed by atoms with Gasteiger partial charge in [-0.15, -0.1) is 0 Å². The maximum absolute atomic E-state index is 13.7. The molecular formula is C19H22FN3OS. The molecule has 2 aromatic rings. The molecule has 0 bridgehead atoms. The number of hydrogen-bond acceptors (Lipinski definition) is 5. The Labute approximate surface area is 151 Å². The zero-order valence-corrected chi connectivity index (χ0v) is 14.1. The number of thioether (sulfide) groups is 1. The molecular weight excluding hydrogens is 337 g/mol. The Balaban J connectivity index is 0.00000225. The van der Waals surface area contributed by atoms with Crippen LogP contribution in [0.25, 0.3) is 0 Å². The highest BCUT2D eigenvalue weighted by atomic mass is 32.2. The third-order valence-corrected chi connectivity index (χ3v) is 4.93. The summed E-state index contributed by atoms with van der Waals surface area (Å²) in [6, 6.07) is 10.4. The second-order valence-corrected chi connectivity index (χ2v) is 7.07. The van der Waals surface area contributed by atoms with E-state index in [1.807, 2.05) is 31.2 Å². The van der Waals surface area contributed by atoms with Gasteiger partial charge in [-0.1, -0.05) is 43.5 Å². The average molecular weight is 359 g/mol. The zero-order valence-electron chi connectivity index (χ0n) is 13.3. The number of halogens is 1. The minimum absolute atomic E-state index is 0. The highest BCUT2D eigenvalue weighted by Gasteiger charge is 2.29. The zero-order chi connectivity index (χ0) is 17.2. The van der Waals surface area contributed by atoms with E-state index < -0.39 is 5.82 Å². The molecule has 3 rings (SSSR count). The normalized spacial score (nSPS) is 19.7. The van der Waals surface area contributed by atoms with Crippen LogP contribution >= 0.6 is 11.8 Å². The van der Waals surface area contributed by atoms with E-state index in [0.29, 0.717) is 5.17 Å². The first-order valence-corrected chi connectivity index (χ1v) is 8.68. The van der Waals surface area contributed by atoms with Gasteiger partial charge in [-0.3, -0.25) is 14.8 Å². The van der Waals surface area contributed by atoms with Crippen LogP contribution in [0.3, 0.4) is 0 Å². The fourth-order valence-corrected chi connectivity index (χ4v) is 3.75. The molecule has 132 valence electrons. The SMILES string of the molecule is C.C[C@@]1(c2cccc(CC(=O)c3ncccc3F)c2)CCSC(N)=N1. The van der Waals surface area contributed by atoms with Crippen molar-refractivity contribution in [3.8, 4) is 0 Å². The van der Waals surface area contributed by atoms with Crippen LogP contribution in [0.2, 0.25) is 0 Å². The van der Waals surface area contributed by atoms with Gasteiger partial charge in [0.25, 0.3) is 0 Å². The van der Waals surface area contributed by atoms with E-state index in [-0.39, 0.29) is 30.9 Å². The van der Waals surface area contributed by atoms with Crippen molar-refractivity contribution in [2.75, 3.05) is 5.75 Å². The average Bonchev–Trinajstić information content (AvgIpc) is 2.55. The number of nitrogens with two attached hydrogens (primary N) is 1. The van der Waals surface area contributed by atoms with Gasteiger partial charge in [-0.25, -0.2) is 4.39 Å². The van der Waals surface area contributed by atoms with Crippen LogP contribution in [0, 0.1) is 5.82 Å². The molecule has 0 fully saturated rings. The van der Waals surface area contributed by atoms with Gasteiger partial charge in [0.15, 0.2) is 16.8 Å². The maximum Gasteiger partial charge on any atom is 0.188 e. The fourth-order valence-electron chi connectivity index (χ4n) is 2.77. The number of Topliss-reactive ketones (excluding diaryl/α,β-unsaturated/α-hetero) is 1. The van der Waals surface area contributed by atoms with Crippen LogP contribution in [0.1, 0.15) is 42.4 Å². The Kier molecular flexibility index (Phi) is 5.95. The number of nitrogens with zero attached hydrogens (tertiary/aromatic N) is 2. The van der Waals surface area contributed by atoms with Crippen molar-refractivity contribution < 1.29 is 9.18 Å². The Bertz CT molecular complexity index is 809. The third kappa shape index (κ3) is 4.25. The Morgan fingerprint density at radius 1 is 1.36 bits per heavy atom. The molecule has 0 saturated carbocycles. The van der Waals surface area contributed by atoms with Crippen molar-refractivity contribution in [3.05, 3.63) is 65.2 Å². The number of ketones is 1. The fraction of sp³-hybridized carbons (Fsp3) is 0.316. The summed E-state index contributed by atoms with van der Waals surface area (Å²) in [6.07, 6.45) is 2.40. The van der Waals surface area contributed by atoms with Crippen LogP contribution < -0.4 is 5.73 Å². The summed E-state index contributed by atoms with van der Waals surface area (Å²) in [4.78, 5) is 20.7. The van der Waals surface area contributed by atoms with Crippen LogP contribution in [0.4, 0.5) is 4.39 Å². The highest BCUT2D eigenvalue weighted by Crippen LogP contribution is 2.35. The van der Waals surface area contributed by atoms with Crippen molar-refractivity contribution in [2.45, 2.75) is 32.7 Å². The van der Waals surface area contributed by atoms with E-state index in [0.717, 1.165) is 23.3 Å². The number of aliphatic imine (C=N–C) groups is 1. The molecule has 1 aromatic heterocycles. The number of aromatic nitrogens is 1. The van der Waals surface area contributed by atoms with Gasteiger partial charge in [0, 0.05) is 18.4 Å². The topological polar surface area (TPSA) is 68.3 Å². The molecule has 1 aliphatic heterocycles. The van der Waals surface area contributed by atoms with Crippen molar-refractivity contribution >= 4 is 22.7 Å². The summed E-state index contributed by atoms with van der Waals surface area (Å²) >= 11 is 1.55. The quantitative estimate of drug-likeness (QED) is 0.839. The molecule has 1 aliphatic rings. The van der Waals surface area contributed by atoms with Gasteiger partial charge >= 0.3 is 0 Å². The lowest BCUT2D eigenvalue weighted by Crippen LogP contribution is -2.28. The predicted octanol–water partition coefficient (Wildman–Crippen LogP) is 3.95. The van der Waals surface area contributed by atoms with E-state index in [2.05, 4.69) is 9.98 Å². The van der Waals surface area contributed by atoms with Gasteiger partial charge in [0.05, 0.1) is 5.54 Å². The first-order valence-electron chi connectivity index (χ1n) is 7.69. The van der Waals surface area contributed by atoms with Gasteiger partial charge in [-0.05, 0) is 36.6 Å². The number of benzene rings is 1. The summed E-state index contributed by atoms with van der Waals surface area (Å²) in [5, 5.41) is 0.584. The molecule has 2 N–H and O–H groups in total. The molecule has 0 aliphatic carbocycles. The predicted molar refractivity (Wildman–Crippen MR) is 101 cm³/mol. The molecule has 0 unspecified atom stereocenters. The second kappa shape index (κ2) is 7.78. The molecule has 0 radical (unpaired) electrons. The molecule has 25 heavy (non-hydrogen) atoms. The molecule has 0 spiro atoms. The van der Waals surface area contributed by atoms with Crippen LogP contribution in [0.15, 0.2) is 47.6 Å². The summed E-state index contributed by atoms with van der Waals surface area (Å²) in [7, 11) is 0. The van der Waals surface area contributed by atoms with E-state index in [1.165, 1.54) is 18.3 Å². The standard InChI is InChI=1S/C18H18FN3OS.CH4/c1-18(7-9-24-17(20)22-18)13-5-2-4-12(10-13)11-15(23)16-14(19)6-3-8-21-16;/h2-6,8,10H,7,9,11H2,1H3,(H2,20,22);1H4/t18-;/m0./s1. The number of hydrogen-bond donors (Lipinski definition) is 1. The molecule has 2 heterocycles. The van der Waals surface area contributed by atoms with E-state index in [9.17, 15) is 9.18 Å². The highest BCUT2D eigenvalue weighted by molar-refractivity contribution is 8.13. The van der Waals surface area contributed by atoms with Crippen LogP contribution in [0.5, 0.6) is 0 Å². The summed E-state index contributed by atoms with van der Waals surface area (Å²) in [5.41, 5.74) is 7.19. The minimum Gasteiger partial charge on any atom is -0.379 e. The monoisotopic (exact) mass is 359 g/mol. The smallest absolute Gasteiger partial charge is 0.188 e. The lowest BCUT2D eigenvalue weighted by molar-refractivity contribution is 0.0984. The first kappa shape index (κ1) is 19.1. The lowest BCUT2D eigenvalue weighted by atomic mass is 9.88. The second-order valence-electron chi connectivity index (χ2n) is 5.96. The lowest BCUT2D eigenvalue weighted by Gasteiger charge is -2.30. The number of rotatable bonds is 4. The van der Waals surface area contributed by atoms with Crippen LogP contribution in [-0.2, 0) is 12.0 Å². The summed E-state index contributed by atoms with van der Waals surface area (Å²) < 4.78 is 13.7. The van der Waals surface area contributed by atoms with Crippen LogP contribution in [-0.4, -0.2) is 21.7 Å². The maximum atomic E-state index is 13.7. The Morgan fingerprint density at radius 3 is 2.88 bits per heavy atom. The summed E-state index contributed by atoms with van der Waals surface area (Å²) in [5.74, 6) is -0.0152. The molecule has 6 heteroatoms. The number of carbonyl (C=O) groups excluding carboxylic acids is 1. The van der Waals surface area contributed by atoms with Gasteiger partial charge in [0.2, 0.25) is 0 Å². The van der Waals surface area contributed by atoms with Crippen molar-refractivity contribution in [3.63, 3.8) is 0 Å². The number of amidine groups is 1. The first-order chi connectivity index (χ1) is 11.5. The summed E-state index contributed by atoms with van der Waals surface area (Å²) in [6.45, 7) is 2.04. The van der Waals surface area contributed by atoms with Crippen molar-refractivity contribution in [2.24, 2.45) is 10.7 Å². The molecule has 0 amide bonds. The Hall–Kier alpha value is -2.21. The van der Waals surface area contributed by atoms with Crippen molar-refractivity contribution in [1.82, 2.24) is 4.98 Å². The van der Waals surface area contributed by atoms with Gasteiger partial charge < -0.3 is 5.73 Å². The minimum atomic E-state index is -0.590. The molecule has 4 nitrogen and oxygen atoms in total. The Morgan fingerprint density at radius 2 is 2.16 bits per heavy atom. The van der Waals surface area contributed by atoms with E-state index >= 15 is 0 Å². The number of carbonyl (C=O) groups is 1. The third-order valence-electron chi connectivity index (χ3n) is 4.13. The largest absolute Gasteiger partial charge is 0.379 e. The molecule has 1 atom stereocenters. The number of pyridine rings is 1. The van der Waals surface area contributed by atoms with Gasteiger partial charge in [-0.2, -0.15) is 0 Å². The van der Waals surface area contributed by atoms with Gasteiger partial charge in [0.1, 0.15) is 5.69 Å². The van der Waals surface area contributed by atoms with E-state index in [1.54, 1.807) is 11.8 Å². The molecule has 0 saturated heterocycles. The van der Waals surface area contributed by atoms with E-state index in [4.69, 9.17) is 5.73 Å². The van der Waals surface area contributed by atoms with Crippen molar-refractivity contribution in [1.29, 1.82) is 0 Å². The molecule has 1 aromatic carbocycles.